The molecule has 4 nitrogen and oxygen atoms in total. The second kappa shape index (κ2) is 7.49. The van der Waals surface area contributed by atoms with Crippen LogP contribution in [0.5, 0.6) is 17.2 Å². The Labute approximate surface area is 163 Å². The minimum atomic E-state index is 0.499. The molecule has 0 fully saturated rings. The van der Waals surface area contributed by atoms with Gasteiger partial charge < -0.3 is 14.2 Å². The predicted molar refractivity (Wildman–Crippen MR) is 105 cm³/mol. The normalized spacial score (nSPS) is 12.1. The zero-order valence-corrected chi connectivity index (χ0v) is 16.1. The smallest absolute Gasteiger partial charge is 0.279 e. The summed E-state index contributed by atoms with van der Waals surface area (Å²) in [6.07, 6.45) is 0.886. The first-order valence-corrected chi connectivity index (χ1v) is 9.23. The highest BCUT2D eigenvalue weighted by molar-refractivity contribution is 6.28. The first kappa shape index (κ1) is 17.7. The summed E-state index contributed by atoms with van der Waals surface area (Å²) in [6.45, 7) is 1.31. The van der Waals surface area contributed by atoms with E-state index in [0.717, 1.165) is 41.3 Å². The number of ether oxygens (including phenoxy) is 3. The molecule has 0 unspecified atom stereocenters. The third-order valence-corrected chi connectivity index (χ3v) is 5.14. The number of fused-ring (bicyclic) bond motifs is 3. The van der Waals surface area contributed by atoms with E-state index in [2.05, 4.69) is 4.57 Å². The second-order valence-electron chi connectivity index (χ2n) is 6.44. The number of hydrogen-bond acceptors (Lipinski definition) is 3. The Bertz CT molecular complexity index is 973. The predicted octanol–water partition coefficient (Wildman–Crippen LogP) is 4.45. The topological polar surface area (TPSA) is 31.6 Å². The lowest BCUT2D eigenvalue weighted by atomic mass is 9.96. The van der Waals surface area contributed by atoms with Gasteiger partial charge in [0, 0.05) is 6.42 Å². The summed E-state index contributed by atoms with van der Waals surface area (Å²) >= 11 is 6.55. The average Bonchev–Trinajstić information content (AvgIpc) is 2.71. The fourth-order valence-corrected chi connectivity index (χ4v) is 3.72. The van der Waals surface area contributed by atoms with Crippen molar-refractivity contribution in [1.29, 1.82) is 0 Å². The number of benzene rings is 2. The van der Waals surface area contributed by atoms with E-state index < -0.39 is 0 Å². The molecule has 3 aromatic rings. The lowest BCUT2D eigenvalue weighted by Crippen LogP contribution is -2.41. The SMILES string of the molecule is COc1cc2c(cc1OC)-c1cc(OCc3ccccc3)cc(Cl)[n+]1CC2. The number of rotatable bonds is 5. The van der Waals surface area contributed by atoms with E-state index in [-0.39, 0.29) is 0 Å². The molecule has 4 rings (SSSR count). The molecule has 1 aliphatic heterocycles. The molecule has 2 aromatic carbocycles. The fraction of sp³-hybridized carbons (Fsp3) is 0.227. The maximum absolute atomic E-state index is 6.55. The quantitative estimate of drug-likeness (QED) is 0.482. The summed E-state index contributed by atoms with van der Waals surface area (Å²) in [4.78, 5) is 0. The highest BCUT2D eigenvalue weighted by Gasteiger charge is 2.28. The number of methoxy groups -OCH3 is 2. The molecule has 0 aliphatic carbocycles. The molecule has 0 saturated carbocycles. The summed E-state index contributed by atoms with van der Waals surface area (Å²) in [6, 6.07) is 18.1. The summed E-state index contributed by atoms with van der Waals surface area (Å²) in [5.74, 6) is 2.20. The lowest BCUT2D eigenvalue weighted by Gasteiger charge is -2.19. The molecule has 0 N–H and O–H groups in total. The average molecular weight is 383 g/mol. The number of pyridine rings is 1. The van der Waals surface area contributed by atoms with E-state index in [1.165, 1.54) is 5.56 Å². The van der Waals surface area contributed by atoms with Crippen LogP contribution in [-0.4, -0.2) is 14.2 Å². The first-order chi connectivity index (χ1) is 13.2. The zero-order valence-electron chi connectivity index (χ0n) is 15.4. The zero-order chi connectivity index (χ0) is 18.8. The first-order valence-electron chi connectivity index (χ1n) is 8.85. The van der Waals surface area contributed by atoms with E-state index in [9.17, 15) is 0 Å². The van der Waals surface area contributed by atoms with Crippen molar-refractivity contribution in [3.8, 4) is 28.5 Å². The van der Waals surface area contributed by atoms with Crippen LogP contribution in [0.4, 0.5) is 0 Å². The minimum absolute atomic E-state index is 0.499. The van der Waals surface area contributed by atoms with Gasteiger partial charge in [0.05, 0.1) is 31.9 Å². The summed E-state index contributed by atoms with van der Waals surface area (Å²) in [5.41, 5.74) is 4.44. The minimum Gasteiger partial charge on any atom is -0.493 e. The van der Waals surface area contributed by atoms with E-state index >= 15 is 0 Å². The van der Waals surface area contributed by atoms with Crippen LogP contribution in [0.25, 0.3) is 11.3 Å². The highest BCUT2D eigenvalue weighted by Crippen LogP contribution is 2.38. The van der Waals surface area contributed by atoms with Gasteiger partial charge in [-0.15, -0.1) is 0 Å². The second-order valence-corrected chi connectivity index (χ2v) is 6.83. The molecule has 5 heteroatoms. The third-order valence-electron chi connectivity index (χ3n) is 4.83. The Morgan fingerprint density at radius 1 is 0.963 bits per heavy atom. The van der Waals surface area contributed by atoms with Crippen molar-refractivity contribution in [2.75, 3.05) is 14.2 Å². The van der Waals surface area contributed by atoms with Crippen molar-refractivity contribution in [1.82, 2.24) is 0 Å². The van der Waals surface area contributed by atoms with Gasteiger partial charge in [0.1, 0.15) is 12.4 Å². The van der Waals surface area contributed by atoms with Gasteiger partial charge in [0.25, 0.3) is 5.15 Å². The number of hydrogen-bond donors (Lipinski definition) is 0. The van der Waals surface area contributed by atoms with Crippen LogP contribution in [0.15, 0.2) is 54.6 Å². The molecule has 0 saturated heterocycles. The van der Waals surface area contributed by atoms with Crippen molar-refractivity contribution in [2.45, 2.75) is 19.6 Å². The van der Waals surface area contributed by atoms with Crippen LogP contribution < -0.4 is 18.8 Å². The Morgan fingerprint density at radius 3 is 2.44 bits per heavy atom. The van der Waals surface area contributed by atoms with E-state index in [4.69, 9.17) is 25.8 Å². The van der Waals surface area contributed by atoms with Crippen LogP contribution >= 0.6 is 11.6 Å². The molecule has 0 spiro atoms. The van der Waals surface area contributed by atoms with Gasteiger partial charge in [-0.05, 0) is 34.9 Å². The van der Waals surface area contributed by atoms with Crippen LogP contribution in [0, 0.1) is 0 Å². The molecule has 138 valence electrons. The van der Waals surface area contributed by atoms with Crippen molar-refractivity contribution >= 4 is 11.6 Å². The lowest BCUT2D eigenvalue weighted by molar-refractivity contribution is -0.685. The summed E-state index contributed by atoms with van der Waals surface area (Å²) < 4.78 is 19.0. The molecular formula is C22H21ClNO3+. The van der Waals surface area contributed by atoms with Gasteiger partial charge in [0.15, 0.2) is 18.0 Å². The molecule has 0 bridgehead atoms. The third kappa shape index (κ3) is 3.45. The van der Waals surface area contributed by atoms with Crippen molar-refractivity contribution in [3.05, 3.63) is 70.9 Å². The number of aryl methyl sites for hydroxylation is 1. The van der Waals surface area contributed by atoms with Crippen LogP contribution in [0.3, 0.4) is 0 Å². The molecule has 0 radical (unpaired) electrons. The summed E-state index contributed by atoms with van der Waals surface area (Å²) in [7, 11) is 3.30. The maximum atomic E-state index is 6.55. The molecule has 0 atom stereocenters. The summed E-state index contributed by atoms with van der Waals surface area (Å²) in [5, 5.41) is 0.663. The molecule has 1 aliphatic rings. The van der Waals surface area contributed by atoms with Crippen molar-refractivity contribution in [3.63, 3.8) is 0 Å². The Morgan fingerprint density at radius 2 is 1.70 bits per heavy atom. The van der Waals surface area contributed by atoms with Gasteiger partial charge in [-0.3, -0.25) is 0 Å². The van der Waals surface area contributed by atoms with Crippen LogP contribution in [0.2, 0.25) is 5.15 Å². The molecule has 27 heavy (non-hydrogen) atoms. The van der Waals surface area contributed by atoms with Crippen LogP contribution in [0.1, 0.15) is 11.1 Å². The monoisotopic (exact) mass is 382 g/mol. The molecule has 2 heterocycles. The Hall–Kier alpha value is -2.72. The largest absolute Gasteiger partial charge is 0.493 e. The molecular weight excluding hydrogens is 362 g/mol. The van der Waals surface area contributed by atoms with Crippen molar-refractivity contribution < 1.29 is 18.8 Å². The number of nitrogens with zero attached hydrogens (tertiary/aromatic N) is 1. The number of halogens is 1. The van der Waals surface area contributed by atoms with Gasteiger partial charge >= 0.3 is 0 Å². The maximum Gasteiger partial charge on any atom is 0.279 e. The van der Waals surface area contributed by atoms with Gasteiger partial charge in [-0.1, -0.05) is 30.3 Å². The van der Waals surface area contributed by atoms with E-state index in [1.807, 2.05) is 54.6 Å². The van der Waals surface area contributed by atoms with Gasteiger partial charge in [-0.2, -0.15) is 4.57 Å². The standard InChI is InChI=1S/C22H21ClNO3/c1-25-20-10-16-8-9-24-19(18(16)13-21(20)26-2)11-17(12-22(24)23)27-14-15-6-4-3-5-7-15/h3-7,10-13H,8-9,14H2,1-2H3/q+1. The molecule has 1 aromatic heterocycles. The van der Waals surface area contributed by atoms with E-state index in [0.29, 0.717) is 17.5 Å². The highest BCUT2D eigenvalue weighted by atomic mass is 35.5. The number of aromatic nitrogens is 1. The van der Waals surface area contributed by atoms with E-state index in [1.54, 1.807) is 14.2 Å². The molecule has 0 amide bonds. The van der Waals surface area contributed by atoms with Crippen molar-refractivity contribution in [2.24, 2.45) is 0 Å². The Kier molecular flexibility index (Phi) is 4.90. The van der Waals surface area contributed by atoms with Gasteiger partial charge in [-0.25, -0.2) is 0 Å². The van der Waals surface area contributed by atoms with Crippen LogP contribution in [-0.2, 0) is 19.6 Å². The Balaban J connectivity index is 1.72. The fourth-order valence-electron chi connectivity index (χ4n) is 3.44. The van der Waals surface area contributed by atoms with Gasteiger partial charge in [0.2, 0.25) is 5.69 Å².